The number of aliphatic imine (C=N–C) groups is 1. The molecule has 1 heterocycles. The van der Waals surface area contributed by atoms with Crippen molar-refractivity contribution in [2.45, 2.75) is 63.4 Å². The van der Waals surface area contributed by atoms with Crippen LogP contribution in [0.15, 0.2) is 52.7 Å². The van der Waals surface area contributed by atoms with Crippen molar-refractivity contribution < 1.29 is 33.3 Å². The molecule has 0 saturated heterocycles. The molecule has 3 atom stereocenters. The molecule has 1 saturated carbocycles. The van der Waals surface area contributed by atoms with E-state index in [-0.39, 0.29) is 30.2 Å². The van der Waals surface area contributed by atoms with Crippen LogP contribution >= 0.6 is 0 Å². The van der Waals surface area contributed by atoms with E-state index in [0.29, 0.717) is 46.4 Å². The van der Waals surface area contributed by atoms with Gasteiger partial charge in [-0.15, -0.1) is 0 Å². The molecule has 212 valence electrons. The Morgan fingerprint density at radius 2 is 1.55 bits per heavy atom. The smallest absolute Gasteiger partial charge is 0.315 e. The normalized spacial score (nSPS) is 22.9. The molecule has 0 amide bonds. The lowest BCUT2D eigenvalue weighted by Gasteiger charge is -2.37. The lowest BCUT2D eigenvalue weighted by atomic mass is 9.69. The summed E-state index contributed by atoms with van der Waals surface area (Å²) in [5, 5.41) is 0. The fraction of sp³-hybridized carbons (Fsp3) is 0.469. The van der Waals surface area contributed by atoms with Gasteiger partial charge in [-0.2, -0.15) is 0 Å². The number of ether oxygens (including phenoxy) is 5. The van der Waals surface area contributed by atoms with Crippen LogP contribution in [-0.2, 0) is 14.3 Å². The number of nitrogens with zero attached hydrogens (tertiary/aromatic N) is 1. The molecule has 1 aliphatic heterocycles. The fourth-order valence-corrected chi connectivity index (χ4v) is 6.37. The topological polar surface area (TPSA) is 92.6 Å². The minimum absolute atomic E-state index is 0.0363. The largest absolute Gasteiger partial charge is 0.497 e. The predicted octanol–water partition coefficient (Wildman–Crippen LogP) is 5.78. The van der Waals surface area contributed by atoms with E-state index >= 15 is 0 Å². The fourth-order valence-electron chi connectivity index (χ4n) is 6.37. The van der Waals surface area contributed by atoms with E-state index in [4.69, 9.17) is 28.7 Å². The molecule has 0 aromatic heterocycles. The summed E-state index contributed by atoms with van der Waals surface area (Å²) in [7, 11) is 6.38. The molecule has 2 aromatic rings. The van der Waals surface area contributed by atoms with Crippen LogP contribution in [0.25, 0.3) is 0 Å². The van der Waals surface area contributed by atoms with Gasteiger partial charge in [0.1, 0.15) is 23.5 Å². The van der Waals surface area contributed by atoms with Gasteiger partial charge in [0.2, 0.25) is 0 Å². The second-order valence-electron chi connectivity index (χ2n) is 10.7. The molecule has 1 unspecified atom stereocenters. The molecule has 0 radical (unpaired) electrons. The molecule has 40 heavy (non-hydrogen) atoms. The number of esters is 1. The zero-order chi connectivity index (χ0) is 28.4. The van der Waals surface area contributed by atoms with Gasteiger partial charge in [-0.25, -0.2) is 0 Å². The second-order valence-corrected chi connectivity index (χ2v) is 10.7. The number of ketones is 1. The highest BCUT2D eigenvalue weighted by Gasteiger charge is 2.46. The van der Waals surface area contributed by atoms with Gasteiger partial charge in [0.25, 0.3) is 0 Å². The number of allylic oxidation sites excluding steroid dienone is 2. The van der Waals surface area contributed by atoms with Gasteiger partial charge in [-0.3, -0.25) is 14.6 Å². The van der Waals surface area contributed by atoms with E-state index in [0.717, 1.165) is 36.8 Å². The number of carbonyl (C=O) groups excluding carboxylic acids is 2. The maximum absolute atomic E-state index is 14.0. The summed E-state index contributed by atoms with van der Waals surface area (Å²) in [6.45, 7) is 1.86. The molecule has 3 aliphatic rings. The molecule has 2 aromatic carbocycles. The summed E-state index contributed by atoms with van der Waals surface area (Å²) >= 11 is 0. The van der Waals surface area contributed by atoms with E-state index < -0.39 is 11.8 Å². The molecule has 2 aliphatic carbocycles. The highest BCUT2D eigenvalue weighted by atomic mass is 16.5. The van der Waals surface area contributed by atoms with E-state index in [1.54, 1.807) is 28.4 Å². The highest BCUT2D eigenvalue weighted by molar-refractivity contribution is 6.09. The minimum atomic E-state index is -0.734. The Kier molecular flexibility index (Phi) is 8.14. The van der Waals surface area contributed by atoms with E-state index in [1.165, 1.54) is 0 Å². The third-order valence-corrected chi connectivity index (χ3v) is 8.38. The molecule has 1 fully saturated rings. The minimum Gasteiger partial charge on any atom is -0.497 e. The number of methoxy groups -OCH3 is 4. The van der Waals surface area contributed by atoms with Crippen molar-refractivity contribution in [1.82, 2.24) is 0 Å². The Morgan fingerprint density at radius 1 is 0.850 bits per heavy atom. The summed E-state index contributed by atoms with van der Waals surface area (Å²) in [5.74, 6) is 0.658. The first-order valence-electron chi connectivity index (χ1n) is 13.8. The standard InChI is InChI=1S/C32H37NO7/c1-18-29(32(35)40-21-8-6-7-9-21)30(23-17-22(36-2)11-13-26(23)37-3)31-24(33-18)14-20(15-25(31)34)19-10-12-27(38-4)28(16-19)39-5/h10-13,16-17,20-21,29-30H,6-9,14-15H2,1-5H3/t20-,29?,30-/m1/s1. The molecule has 0 N–H and O–H groups in total. The van der Waals surface area contributed by atoms with Crippen molar-refractivity contribution in [1.29, 1.82) is 0 Å². The quantitative estimate of drug-likeness (QED) is 0.387. The average Bonchev–Trinajstić information content (AvgIpc) is 3.48. The SMILES string of the molecule is COc1ccc(OC)c([C@H]2C3=C(C[C@@H](c4ccc(OC)c(OC)c4)CC3=O)N=C(C)C2C(=O)OC2CCCC2)c1. The van der Waals surface area contributed by atoms with Gasteiger partial charge in [0, 0.05) is 34.9 Å². The maximum atomic E-state index is 14.0. The molecule has 0 spiro atoms. The summed E-state index contributed by atoms with van der Waals surface area (Å²) in [4.78, 5) is 32.7. The number of Topliss-reactive ketones (excluding diaryl/α,β-unsaturated/α-hetero) is 1. The van der Waals surface area contributed by atoms with Crippen LogP contribution in [0.4, 0.5) is 0 Å². The van der Waals surface area contributed by atoms with Gasteiger partial charge in [-0.05, 0) is 80.8 Å². The molecule has 0 bridgehead atoms. The summed E-state index contributed by atoms with van der Waals surface area (Å²) < 4.78 is 28.2. The van der Waals surface area contributed by atoms with Crippen molar-refractivity contribution in [3.05, 3.63) is 58.8 Å². The second kappa shape index (κ2) is 11.7. The Morgan fingerprint density at radius 3 is 2.23 bits per heavy atom. The van der Waals surface area contributed by atoms with Crippen molar-refractivity contribution in [2.24, 2.45) is 10.9 Å². The number of benzene rings is 2. The Labute approximate surface area is 235 Å². The van der Waals surface area contributed by atoms with Gasteiger partial charge >= 0.3 is 5.97 Å². The van der Waals surface area contributed by atoms with Crippen LogP contribution in [0, 0.1) is 5.92 Å². The number of rotatable bonds is 8. The Bertz CT molecular complexity index is 1360. The zero-order valence-corrected chi connectivity index (χ0v) is 23.8. The zero-order valence-electron chi connectivity index (χ0n) is 23.8. The lowest BCUT2D eigenvalue weighted by Crippen LogP contribution is -2.39. The van der Waals surface area contributed by atoms with Gasteiger partial charge in [-0.1, -0.05) is 6.07 Å². The van der Waals surface area contributed by atoms with Crippen LogP contribution < -0.4 is 18.9 Å². The van der Waals surface area contributed by atoms with E-state index in [9.17, 15) is 9.59 Å². The predicted molar refractivity (Wildman–Crippen MR) is 151 cm³/mol. The summed E-state index contributed by atoms with van der Waals surface area (Å²) in [5.41, 5.74) is 3.59. The lowest BCUT2D eigenvalue weighted by molar-refractivity contribution is -0.151. The van der Waals surface area contributed by atoms with E-state index in [1.807, 2.05) is 43.3 Å². The molecular formula is C32H37NO7. The molecule has 8 nitrogen and oxygen atoms in total. The summed E-state index contributed by atoms with van der Waals surface area (Å²) in [6, 6.07) is 11.2. The first kappa shape index (κ1) is 27.7. The average molecular weight is 548 g/mol. The molecule has 5 rings (SSSR count). The monoisotopic (exact) mass is 547 g/mol. The van der Waals surface area contributed by atoms with Crippen LogP contribution in [0.3, 0.4) is 0 Å². The Hall–Kier alpha value is -3.81. The van der Waals surface area contributed by atoms with Crippen LogP contribution in [0.1, 0.15) is 68.4 Å². The number of carbonyl (C=O) groups is 2. The summed E-state index contributed by atoms with van der Waals surface area (Å²) in [6.07, 6.45) is 4.57. The van der Waals surface area contributed by atoms with Gasteiger partial charge in [0.15, 0.2) is 17.3 Å². The van der Waals surface area contributed by atoms with Crippen LogP contribution in [0.5, 0.6) is 23.0 Å². The van der Waals surface area contributed by atoms with Crippen molar-refractivity contribution in [3.8, 4) is 23.0 Å². The van der Waals surface area contributed by atoms with E-state index in [2.05, 4.69) is 0 Å². The maximum Gasteiger partial charge on any atom is 0.315 e. The molecular weight excluding hydrogens is 510 g/mol. The van der Waals surface area contributed by atoms with Gasteiger partial charge < -0.3 is 23.7 Å². The molecule has 8 heteroatoms. The third-order valence-electron chi connectivity index (χ3n) is 8.38. The van der Waals surface area contributed by atoms with Gasteiger partial charge in [0.05, 0.1) is 28.4 Å². The highest BCUT2D eigenvalue weighted by Crippen LogP contribution is 2.50. The van der Waals surface area contributed by atoms with Crippen molar-refractivity contribution in [2.75, 3.05) is 28.4 Å². The first-order valence-corrected chi connectivity index (χ1v) is 13.8. The first-order chi connectivity index (χ1) is 19.4. The Balaban J connectivity index is 1.59. The van der Waals surface area contributed by atoms with Crippen molar-refractivity contribution in [3.63, 3.8) is 0 Å². The number of hydrogen-bond acceptors (Lipinski definition) is 8. The third kappa shape index (κ3) is 5.19. The van der Waals surface area contributed by atoms with Crippen molar-refractivity contribution >= 4 is 17.5 Å². The number of hydrogen-bond donors (Lipinski definition) is 0. The van der Waals surface area contributed by atoms with Crippen LogP contribution in [-0.4, -0.2) is 52.0 Å². The van der Waals surface area contributed by atoms with Crippen LogP contribution in [0.2, 0.25) is 0 Å².